The second-order valence-corrected chi connectivity index (χ2v) is 6.71. The predicted octanol–water partition coefficient (Wildman–Crippen LogP) is 2.82. The highest BCUT2D eigenvalue weighted by Crippen LogP contribution is 2.31. The van der Waals surface area contributed by atoms with E-state index in [1.165, 1.54) is 11.8 Å². The van der Waals surface area contributed by atoms with Gasteiger partial charge in [0, 0.05) is 17.7 Å². The number of carbonyl (C=O) groups is 2. The first-order valence-corrected chi connectivity index (χ1v) is 7.90. The molecule has 1 aromatic rings. The Balaban J connectivity index is 2.10. The third-order valence-electron chi connectivity index (χ3n) is 3.71. The summed E-state index contributed by atoms with van der Waals surface area (Å²) in [5, 5.41) is 7.10. The zero-order chi connectivity index (χ0) is 15.0. The van der Waals surface area contributed by atoms with Crippen molar-refractivity contribution in [1.82, 2.24) is 5.43 Å². The van der Waals surface area contributed by atoms with Crippen molar-refractivity contribution >= 4 is 34.3 Å². The van der Waals surface area contributed by atoms with Crippen LogP contribution in [0, 0.1) is 6.92 Å². The molecule has 0 aromatic heterocycles. The second-order valence-electron chi connectivity index (χ2n) is 5.40. The van der Waals surface area contributed by atoms with Crippen molar-refractivity contribution in [2.45, 2.75) is 38.4 Å². The molecule has 0 bridgehead atoms. The largest absolute Gasteiger partial charge is 0.326 e. The number of hydrogen-bond donors (Lipinski definition) is 2. The molecular formula is C15H17N3O2S. The Labute approximate surface area is 127 Å². The zero-order valence-electron chi connectivity index (χ0n) is 12.0. The second kappa shape index (κ2) is 5.52. The molecule has 2 N–H and O–H groups in total. The van der Waals surface area contributed by atoms with E-state index in [2.05, 4.69) is 21.9 Å². The molecule has 0 saturated carbocycles. The lowest BCUT2D eigenvalue weighted by Crippen LogP contribution is -2.30. The molecule has 5 nitrogen and oxygen atoms in total. The van der Waals surface area contributed by atoms with E-state index in [4.69, 9.17) is 0 Å². The van der Waals surface area contributed by atoms with E-state index in [1.54, 1.807) is 0 Å². The molecular weight excluding hydrogens is 286 g/mol. The number of hydrazone groups is 1. The normalized spacial score (nSPS) is 21.8. The monoisotopic (exact) mass is 303 g/mol. The number of aryl methyl sites for hydroxylation is 1. The van der Waals surface area contributed by atoms with E-state index >= 15 is 0 Å². The maximum absolute atomic E-state index is 11.7. The molecule has 0 saturated heterocycles. The van der Waals surface area contributed by atoms with Gasteiger partial charge in [0.15, 0.2) is 0 Å². The fourth-order valence-corrected chi connectivity index (χ4v) is 3.49. The Morgan fingerprint density at radius 3 is 2.86 bits per heavy atom. The predicted molar refractivity (Wildman–Crippen MR) is 84.9 cm³/mol. The summed E-state index contributed by atoms with van der Waals surface area (Å²) in [4.78, 5) is 23.1. The lowest BCUT2D eigenvalue weighted by molar-refractivity contribution is -0.116. The summed E-state index contributed by atoms with van der Waals surface area (Å²) < 4.78 is 0. The smallest absolute Gasteiger partial charge is 0.299 e. The van der Waals surface area contributed by atoms with Gasteiger partial charge in [-0.3, -0.25) is 9.59 Å². The number of rotatable bonds is 1. The molecule has 0 spiro atoms. The Hall–Kier alpha value is -1.82. The highest BCUT2D eigenvalue weighted by molar-refractivity contribution is 8.14. The number of thioether (sulfide) groups is 1. The number of carbonyl (C=O) groups excluding carboxylic acids is 2. The molecule has 1 atom stereocenters. The maximum atomic E-state index is 11.7. The first-order valence-electron chi connectivity index (χ1n) is 7.02. The van der Waals surface area contributed by atoms with Gasteiger partial charge in [0.05, 0.1) is 11.0 Å². The summed E-state index contributed by atoms with van der Waals surface area (Å²) in [7, 11) is 0. The van der Waals surface area contributed by atoms with Crippen LogP contribution in [0.5, 0.6) is 0 Å². The van der Waals surface area contributed by atoms with E-state index in [1.807, 2.05) is 19.9 Å². The third kappa shape index (κ3) is 2.81. The minimum Gasteiger partial charge on any atom is -0.326 e. The molecule has 0 radical (unpaired) electrons. The van der Waals surface area contributed by atoms with E-state index in [0.717, 1.165) is 40.9 Å². The number of amides is 2. The van der Waals surface area contributed by atoms with Crippen molar-refractivity contribution < 1.29 is 9.59 Å². The number of nitrogens with zero attached hydrogens (tertiary/aromatic N) is 1. The summed E-state index contributed by atoms with van der Waals surface area (Å²) in [6, 6.07) is 4.09. The van der Waals surface area contributed by atoms with Crippen LogP contribution in [0.1, 0.15) is 36.5 Å². The molecule has 3 rings (SSSR count). The number of hydrogen-bond acceptors (Lipinski definition) is 4. The van der Waals surface area contributed by atoms with Crippen LogP contribution in [0.3, 0.4) is 0 Å². The zero-order valence-corrected chi connectivity index (χ0v) is 12.8. The Bertz CT molecular complexity index is 655. The lowest BCUT2D eigenvalue weighted by atomic mass is 9.94. The summed E-state index contributed by atoms with van der Waals surface area (Å²) in [5.74, 6) is 0.0617. The number of nitrogens with one attached hydrogen (secondary N) is 2. The molecule has 0 aliphatic carbocycles. The summed E-state index contributed by atoms with van der Waals surface area (Å²) in [6.07, 6.45) is 2.21. The van der Waals surface area contributed by atoms with E-state index in [9.17, 15) is 9.59 Å². The van der Waals surface area contributed by atoms with Crippen molar-refractivity contribution in [2.75, 3.05) is 5.32 Å². The molecule has 6 heteroatoms. The van der Waals surface area contributed by atoms with Gasteiger partial charge in [-0.1, -0.05) is 11.8 Å². The third-order valence-corrected chi connectivity index (χ3v) is 4.59. The average molecular weight is 303 g/mol. The Morgan fingerprint density at radius 1 is 1.29 bits per heavy atom. The van der Waals surface area contributed by atoms with Crippen molar-refractivity contribution in [3.05, 3.63) is 28.8 Å². The van der Waals surface area contributed by atoms with Gasteiger partial charge >= 0.3 is 0 Å². The van der Waals surface area contributed by atoms with E-state index in [-0.39, 0.29) is 16.4 Å². The van der Waals surface area contributed by atoms with Crippen LogP contribution in [-0.2, 0) is 11.2 Å². The highest BCUT2D eigenvalue weighted by atomic mass is 32.2. The van der Waals surface area contributed by atoms with Gasteiger partial charge in [0.2, 0.25) is 5.91 Å². The first kappa shape index (κ1) is 14.1. The summed E-state index contributed by atoms with van der Waals surface area (Å²) in [5.41, 5.74) is 7.51. The Kier molecular flexibility index (Phi) is 3.71. The molecule has 21 heavy (non-hydrogen) atoms. The minimum atomic E-state index is -0.127. The van der Waals surface area contributed by atoms with Crippen molar-refractivity contribution in [3.63, 3.8) is 0 Å². The van der Waals surface area contributed by atoms with Crippen LogP contribution in [0.15, 0.2) is 17.2 Å². The standard InChI is InChI=1S/C15H17N3O2S/c1-8-6-11(14-9(2)21-15(20)18-17-14)10-4-3-5-13(19)16-12(10)7-8/h6-7,9H,3-5H2,1-2H3,(H,16,19)(H,18,20). The van der Waals surface area contributed by atoms with Crippen LogP contribution in [-0.4, -0.2) is 22.1 Å². The molecule has 2 aliphatic heterocycles. The van der Waals surface area contributed by atoms with Crippen LogP contribution in [0.4, 0.5) is 10.5 Å². The topological polar surface area (TPSA) is 70.6 Å². The van der Waals surface area contributed by atoms with Crippen LogP contribution in [0.25, 0.3) is 0 Å². The molecule has 2 heterocycles. The summed E-state index contributed by atoms with van der Waals surface area (Å²) >= 11 is 1.24. The Morgan fingerprint density at radius 2 is 2.10 bits per heavy atom. The van der Waals surface area contributed by atoms with Gasteiger partial charge < -0.3 is 5.32 Å². The average Bonchev–Trinajstić information content (AvgIpc) is 2.58. The van der Waals surface area contributed by atoms with Gasteiger partial charge in [0.25, 0.3) is 5.24 Å². The lowest BCUT2D eigenvalue weighted by Gasteiger charge is -2.22. The highest BCUT2D eigenvalue weighted by Gasteiger charge is 2.26. The quantitative estimate of drug-likeness (QED) is 0.838. The molecule has 0 fully saturated rings. The van der Waals surface area contributed by atoms with Gasteiger partial charge in [-0.2, -0.15) is 5.10 Å². The molecule has 1 unspecified atom stereocenters. The number of benzene rings is 1. The van der Waals surface area contributed by atoms with E-state index < -0.39 is 0 Å². The molecule has 2 aliphatic rings. The van der Waals surface area contributed by atoms with Gasteiger partial charge in [0.1, 0.15) is 0 Å². The molecule has 2 amide bonds. The fraction of sp³-hybridized carbons (Fsp3) is 0.400. The van der Waals surface area contributed by atoms with Crippen molar-refractivity contribution in [3.8, 4) is 0 Å². The SMILES string of the molecule is Cc1cc2c(c(C3=NNC(=O)SC3C)c1)CCCC(=O)N2. The van der Waals surface area contributed by atoms with Crippen LogP contribution in [0.2, 0.25) is 0 Å². The fourth-order valence-electron chi connectivity index (χ4n) is 2.78. The van der Waals surface area contributed by atoms with Gasteiger partial charge in [-0.15, -0.1) is 0 Å². The van der Waals surface area contributed by atoms with Gasteiger partial charge in [-0.25, -0.2) is 5.43 Å². The molecule has 110 valence electrons. The minimum absolute atomic E-state index is 0.00334. The van der Waals surface area contributed by atoms with Crippen LogP contribution < -0.4 is 10.7 Å². The van der Waals surface area contributed by atoms with E-state index in [0.29, 0.717) is 6.42 Å². The maximum Gasteiger partial charge on any atom is 0.299 e. The summed E-state index contributed by atoms with van der Waals surface area (Å²) in [6.45, 7) is 3.98. The number of fused-ring (bicyclic) bond motifs is 1. The van der Waals surface area contributed by atoms with Crippen molar-refractivity contribution in [2.24, 2.45) is 5.10 Å². The first-order chi connectivity index (χ1) is 10.0. The van der Waals surface area contributed by atoms with Crippen molar-refractivity contribution in [1.29, 1.82) is 0 Å². The van der Waals surface area contributed by atoms with Crippen LogP contribution >= 0.6 is 11.8 Å². The van der Waals surface area contributed by atoms with Gasteiger partial charge in [-0.05, 0) is 49.9 Å². The molecule has 1 aromatic carbocycles. The number of anilines is 1.